The van der Waals surface area contributed by atoms with Gasteiger partial charge in [-0.15, -0.1) is 11.3 Å². The van der Waals surface area contributed by atoms with E-state index in [0.717, 1.165) is 0 Å². The largest absolute Gasteiger partial charge is 0.507 e. The summed E-state index contributed by atoms with van der Waals surface area (Å²) in [5.41, 5.74) is -0.243. The minimum Gasteiger partial charge on any atom is -0.507 e. The summed E-state index contributed by atoms with van der Waals surface area (Å²) in [6.45, 7) is 1.68. The van der Waals surface area contributed by atoms with Gasteiger partial charge in [-0.3, -0.25) is 0 Å². The highest BCUT2D eigenvalue weighted by Crippen LogP contribution is 2.44. The molecular weight excluding hydrogens is 345 g/mol. The van der Waals surface area contributed by atoms with E-state index in [1.807, 2.05) is 0 Å². The van der Waals surface area contributed by atoms with Gasteiger partial charge in [0.25, 0.3) is 0 Å². The minimum atomic E-state index is -4.74. The average molecular weight is 356 g/mol. The van der Waals surface area contributed by atoms with E-state index in [0.29, 0.717) is 10.8 Å². The van der Waals surface area contributed by atoms with Crippen LogP contribution in [-0.4, -0.2) is 22.4 Å². The first-order valence-corrected chi connectivity index (χ1v) is 7.56. The van der Waals surface area contributed by atoms with Gasteiger partial charge >= 0.3 is 6.18 Å². The molecule has 5 nitrogen and oxygen atoms in total. The molecule has 0 unspecified atom stereocenters. The van der Waals surface area contributed by atoms with Crippen molar-refractivity contribution in [3.8, 4) is 34.0 Å². The van der Waals surface area contributed by atoms with E-state index >= 15 is 0 Å². The normalized spacial score (nSPS) is 11.7. The first-order valence-electron chi connectivity index (χ1n) is 6.68. The molecule has 2 heterocycles. The molecular formula is C15H11F3N2O3S. The topological polar surface area (TPSA) is 68.4 Å². The SMILES string of the molecule is COc1ccc(-c2noc(C(F)(F)F)c2-c2csc(C)n2)c(O)c1. The zero-order chi connectivity index (χ0) is 17.5. The van der Waals surface area contributed by atoms with Crippen LogP contribution in [0.4, 0.5) is 13.2 Å². The van der Waals surface area contributed by atoms with Crippen molar-refractivity contribution in [2.45, 2.75) is 13.1 Å². The van der Waals surface area contributed by atoms with Crippen molar-refractivity contribution in [2.75, 3.05) is 7.11 Å². The lowest BCUT2D eigenvalue weighted by atomic mass is 10.0. The van der Waals surface area contributed by atoms with E-state index in [2.05, 4.69) is 14.7 Å². The third kappa shape index (κ3) is 2.82. The number of aromatic nitrogens is 2. The summed E-state index contributed by atoms with van der Waals surface area (Å²) in [6, 6.07) is 4.20. The van der Waals surface area contributed by atoms with Crippen LogP contribution >= 0.6 is 11.3 Å². The van der Waals surface area contributed by atoms with Crippen molar-refractivity contribution in [2.24, 2.45) is 0 Å². The van der Waals surface area contributed by atoms with E-state index in [1.165, 1.54) is 42.0 Å². The van der Waals surface area contributed by atoms with Gasteiger partial charge in [-0.25, -0.2) is 4.98 Å². The van der Waals surface area contributed by atoms with Gasteiger partial charge in [0.05, 0.1) is 23.4 Å². The monoisotopic (exact) mass is 356 g/mol. The Morgan fingerprint density at radius 1 is 1.29 bits per heavy atom. The van der Waals surface area contributed by atoms with Crippen molar-refractivity contribution in [3.05, 3.63) is 34.3 Å². The highest BCUT2D eigenvalue weighted by atomic mass is 32.1. The van der Waals surface area contributed by atoms with E-state index in [-0.39, 0.29) is 28.3 Å². The van der Waals surface area contributed by atoms with Crippen molar-refractivity contribution < 1.29 is 27.5 Å². The molecule has 0 fully saturated rings. The van der Waals surface area contributed by atoms with Crippen LogP contribution in [0.1, 0.15) is 10.8 Å². The smallest absolute Gasteiger partial charge is 0.453 e. The maximum atomic E-state index is 13.2. The van der Waals surface area contributed by atoms with Crippen LogP contribution in [-0.2, 0) is 6.18 Å². The predicted octanol–water partition coefficient (Wildman–Crippen LogP) is 4.51. The molecule has 0 aliphatic rings. The fourth-order valence-electron chi connectivity index (χ4n) is 2.22. The average Bonchev–Trinajstić information content (AvgIpc) is 3.12. The molecule has 0 spiro atoms. The Kier molecular flexibility index (Phi) is 3.96. The molecule has 126 valence electrons. The number of nitrogens with zero attached hydrogens (tertiary/aromatic N) is 2. The molecule has 0 radical (unpaired) electrons. The number of halogens is 3. The summed E-state index contributed by atoms with van der Waals surface area (Å²) in [5, 5.41) is 15.7. The van der Waals surface area contributed by atoms with Gasteiger partial charge in [0.1, 0.15) is 17.2 Å². The Bertz CT molecular complexity index is 886. The lowest BCUT2D eigenvalue weighted by Gasteiger charge is -2.07. The first kappa shape index (κ1) is 16.3. The van der Waals surface area contributed by atoms with Gasteiger partial charge in [0.15, 0.2) is 0 Å². The predicted molar refractivity (Wildman–Crippen MR) is 81.0 cm³/mol. The van der Waals surface area contributed by atoms with Gasteiger partial charge in [-0.05, 0) is 19.1 Å². The number of rotatable bonds is 3. The zero-order valence-corrected chi connectivity index (χ0v) is 13.3. The number of ether oxygens (including phenoxy) is 1. The molecule has 0 aliphatic carbocycles. The summed E-state index contributed by atoms with van der Waals surface area (Å²) >= 11 is 1.21. The summed E-state index contributed by atoms with van der Waals surface area (Å²) in [6.07, 6.45) is -4.74. The summed E-state index contributed by atoms with van der Waals surface area (Å²) in [5.74, 6) is -1.16. The molecule has 0 aliphatic heterocycles. The molecule has 1 N–H and O–H groups in total. The number of aromatic hydroxyl groups is 1. The molecule has 0 atom stereocenters. The number of aryl methyl sites for hydroxylation is 1. The lowest BCUT2D eigenvalue weighted by molar-refractivity contribution is -0.154. The van der Waals surface area contributed by atoms with Gasteiger partial charge in [-0.1, -0.05) is 5.16 Å². The zero-order valence-electron chi connectivity index (χ0n) is 12.5. The third-order valence-electron chi connectivity index (χ3n) is 3.28. The van der Waals surface area contributed by atoms with Gasteiger partial charge < -0.3 is 14.4 Å². The summed E-state index contributed by atoms with van der Waals surface area (Å²) < 4.78 is 49.3. The molecule has 1 aromatic carbocycles. The minimum absolute atomic E-state index is 0.0932. The van der Waals surface area contributed by atoms with E-state index < -0.39 is 11.9 Å². The number of thiazole rings is 1. The van der Waals surface area contributed by atoms with E-state index in [4.69, 9.17) is 4.74 Å². The second-order valence-electron chi connectivity index (χ2n) is 4.87. The van der Waals surface area contributed by atoms with Gasteiger partial charge in [0, 0.05) is 17.0 Å². The summed E-state index contributed by atoms with van der Waals surface area (Å²) in [4.78, 5) is 4.09. The number of methoxy groups -OCH3 is 1. The van der Waals surface area contributed by atoms with E-state index in [9.17, 15) is 18.3 Å². The molecule has 0 bridgehead atoms. The van der Waals surface area contributed by atoms with Crippen LogP contribution in [0.2, 0.25) is 0 Å². The Morgan fingerprint density at radius 3 is 2.58 bits per heavy atom. The fraction of sp³-hybridized carbons (Fsp3) is 0.200. The number of benzene rings is 1. The second kappa shape index (κ2) is 5.82. The van der Waals surface area contributed by atoms with E-state index in [1.54, 1.807) is 6.92 Å². The maximum Gasteiger partial charge on any atom is 0.453 e. The van der Waals surface area contributed by atoms with Crippen LogP contribution in [0.3, 0.4) is 0 Å². The highest BCUT2D eigenvalue weighted by molar-refractivity contribution is 7.09. The van der Waals surface area contributed by atoms with Gasteiger partial charge in [0.2, 0.25) is 5.76 Å². The molecule has 24 heavy (non-hydrogen) atoms. The van der Waals surface area contributed by atoms with Crippen molar-refractivity contribution in [3.63, 3.8) is 0 Å². The molecule has 0 amide bonds. The number of phenolic OH excluding ortho intramolecular Hbond substituents is 1. The Balaban J connectivity index is 2.24. The third-order valence-corrected chi connectivity index (χ3v) is 4.06. The maximum absolute atomic E-state index is 13.2. The molecule has 2 aromatic heterocycles. The second-order valence-corrected chi connectivity index (χ2v) is 5.93. The first-order chi connectivity index (χ1) is 11.3. The molecule has 0 saturated carbocycles. The van der Waals surface area contributed by atoms with Crippen LogP contribution in [0.15, 0.2) is 28.1 Å². The molecule has 0 saturated heterocycles. The number of alkyl halides is 3. The highest BCUT2D eigenvalue weighted by Gasteiger charge is 2.42. The number of phenols is 1. The van der Waals surface area contributed by atoms with Crippen molar-refractivity contribution >= 4 is 11.3 Å². The lowest BCUT2D eigenvalue weighted by Crippen LogP contribution is -2.05. The number of hydrogen-bond acceptors (Lipinski definition) is 6. The molecule has 9 heteroatoms. The standard InChI is InChI=1S/C15H11F3N2O3S/c1-7-19-10(6-24-7)12-13(20-23-14(12)15(16,17)18)9-4-3-8(22-2)5-11(9)21/h3-6,21H,1-2H3. The Hall–Kier alpha value is -2.55. The molecule has 3 aromatic rings. The van der Waals surface area contributed by atoms with Crippen LogP contribution in [0.5, 0.6) is 11.5 Å². The van der Waals surface area contributed by atoms with Gasteiger partial charge in [-0.2, -0.15) is 13.2 Å². The Labute approximate surface area is 138 Å². The molecule has 3 rings (SSSR count). The summed E-state index contributed by atoms with van der Waals surface area (Å²) in [7, 11) is 1.41. The van der Waals surface area contributed by atoms with Crippen LogP contribution in [0.25, 0.3) is 22.5 Å². The van der Waals surface area contributed by atoms with Crippen molar-refractivity contribution in [1.29, 1.82) is 0 Å². The van der Waals surface area contributed by atoms with Crippen molar-refractivity contribution in [1.82, 2.24) is 10.1 Å². The Morgan fingerprint density at radius 2 is 2.04 bits per heavy atom. The fourth-order valence-corrected chi connectivity index (χ4v) is 2.83. The number of hydrogen-bond donors (Lipinski definition) is 1. The van der Waals surface area contributed by atoms with Crippen LogP contribution < -0.4 is 4.74 Å². The quantitative estimate of drug-likeness (QED) is 0.748. The van der Waals surface area contributed by atoms with Crippen LogP contribution in [0, 0.1) is 6.92 Å².